The highest BCUT2D eigenvalue weighted by Crippen LogP contribution is 2.43. The molecule has 10 heteroatoms. The van der Waals surface area contributed by atoms with Gasteiger partial charge in [-0.2, -0.15) is 0 Å². The van der Waals surface area contributed by atoms with Gasteiger partial charge in [-0.1, -0.05) is 54.6 Å². The second-order valence-corrected chi connectivity index (χ2v) is 11.7. The van der Waals surface area contributed by atoms with Crippen molar-refractivity contribution in [3.63, 3.8) is 0 Å². The number of aliphatic hydroxyl groups excluding tert-OH is 1. The molecule has 0 bridgehead atoms. The number of aromatic nitrogens is 2. The summed E-state index contributed by atoms with van der Waals surface area (Å²) in [6, 6.07) is 25.4. The van der Waals surface area contributed by atoms with E-state index in [9.17, 15) is 14.7 Å². The van der Waals surface area contributed by atoms with Crippen LogP contribution in [0.3, 0.4) is 0 Å². The first-order valence-corrected chi connectivity index (χ1v) is 15.0. The second kappa shape index (κ2) is 13.4. The van der Waals surface area contributed by atoms with E-state index in [1.165, 1.54) is 10.8 Å². The summed E-state index contributed by atoms with van der Waals surface area (Å²) in [4.78, 5) is 29.6. The fraction of sp³-hybridized carbons (Fsp3) is 0.371. The van der Waals surface area contributed by atoms with Gasteiger partial charge in [-0.25, -0.2) is 4.79 Å². The number of H-pyrrole nitrogens is 1. The fourth-order valence-electron chi connectivity index (χ4n) is 5.86. The Bertz CT molecular complexity index is 1640. The number of hydrogen-bond acceptors (Lipinski definition) is 8. The second-order valence-electron chi connectivity index (χ2n) is 11.7. The van der Waals surface area contributed by atoms with Crippen LogP contribution in [-0.2, 0) is 15.1 Å². The molecule has 0 aliphatic carbocycles. The Labute approximate surface area is 262 Å². The minimum Gasteiger partial charge on any atom is -0.497 e. The largest absolute Gasteiger partial charge is 0.497 e. The summed E-state index contributed by atoms with van der Waals surface area (Å²) in [5, 5.41) is 11.0. The molecule has 0 amide bonds. The first kappa shape index (κ1) is 32.2. The Morgan fingerprint density at radius 2 is 1.49 bits per heavy atom. The Balaban J connectivity index is 1.63. The lowest BCUT2D eigenvalue weighted by molar-refractivity contribution is -0.234. The molecule has 3 aromatic carbocycles. The summed E-state index contributed by atoms with van der Waals surface area (Å²) >= 11 is 0. The number of ether oxygens (including phenoxy) is 4. The van der Waals surface area contributed by atoms with Gasteiger partial charge >= 0.3 is 5.69 Å². The minimum atomic E-state index is -1.23. The van der Waals surface area contributed by atoms with E-state index in [4.69, 9.17) is 18.9 Å². The molecule has 0 saturated carbocycles. The van der Waals surface area contributed by atoms with Gasteiger partial charge < -0.3 is 24.1 Å². The average molecular weight is 616 g/mol. The number of nitrogens with one attached hydrogen (secondary N) is 1. The number of aliphatic hydroxyl groups is 1. The van der Waals surface area contributed by atoms with Crippen LogP contribution in [0.4, 0.5) is 0 Å². The van der Waals surface area contributed by atoms with Gasteiger partial charge in [0.25, 0.3) is 5.56 Å². The molecule has 1 saturated heterocycles. The Morgan fingerprint density at radius 1 is 0.933 bits per heavy atom. The van der Waals surface area contributed by atoms with Gasteiger partial charge in [0.05, 0.1) is 27.4 Å². The monoisotopic (exact) mass is 615 g/mol. The smallest absolute Gasteiger partial charge is 0.330 e. The fourth-order valence-corrected chi connectivity index (χ4v) is 5.86. The number of morpholine rings is 1. The van der Waals surface area contributed by atoms with E-state index in [1.807, 2.05) is 78.9 Å². The van der Waals surface area contributed by atoms with E-state index in [1.54, 1.807) is 21.1 Å². The first-order chi connectivity index (χ1) is 21.6. The standard InChI is InChI=1S/C35H41N3O7/c1-24(2)37-20-31(38-19-25(3)32(40)36-33(38)41)45-34(21-37,22-39)23-44-35(26-9-7-6-8-10-26,27-11-15-29(42-4)16-12-27)28-13-17-30(43-5)18-14-28/h6-19,24,31,39H,20-23H2,1-5H3,(H,36,40,41)/t31-,34+/m1/s1. The SMILES string of the molecule is COc1ccc(C(OC[C@@]2(CO)CN(C(C)C)C[C@H](n3cc(C)c(=O)[nH]c3=O)O2)(c2ccccc2)c2ccc(OC)cc2)cc1. The van der Waals surface area contributed by atoms with Gasteiger partial charge in [0.1, 0.15) is 22.7 Å². The lowest BCUT2D eigenvalue weighted by atomic mass is 9.79. The molecule has 1 aliphatic rings. The molecule has 4 aromatic rings. The molecular weight excluding hydrogens is 574 g/mol. The third-order valence-electron chi connectivity index (χ3n) is 8.47. The molecule has 45 heavy (non-hydrogen) atoms. The lowest BCUT2D eigenvalue weighted by Gasteiger charge is -2.48. The number of aromatic amines is 1. The van der Waals surface area contributed by atoms with Gasteiger partial charge in [0.15, 0.2) is 6.23 Å². The van der Waals surface area contributed by atoms with Crippen molar-refractivity contribution in [1.82, 2.24) is 14.5 Å². The number of nitrogens with zero attached hydrogens (tertiary/aromatic N) is 2. The molecular formula is C35H41N3O7. The van der Waals surface area contributed by atoms with Crippen LogP contribution >= 0.6 is 0 Å². The molecule has 5 rings (SSSR count). The van der Waals surface area contributed by atoms with E-state index in [0.717, 1.165) is 16.7 Å². The summed E-state index contributed by atoms with van der Waals surface area (Å²) in [7, 11) is 3.24. The molecule has 0 unspecified atom stereocenters. The van der Waals surface area contributed by atoms with Crippen molar-refractivity contribution in [2.45, 2.75) is 44.2 Å². The molecule has 238 valence electrons. The zero-order chi connectivity index (χ0) is 32.2. The molecule has 1 aromatic heterocycles. The third kappa shape index (κ3) is 6.46. The quantitative estimate of drug-likeness (QED) is 0.245. The molecule has 2 N–H and O–H groups in total. The van der Waals surface area contributed by atoms with Gasteiger partial charge in [-0.05, 0) is 61.7 Å². The van der Waals surface area contributed by atoms with Crippen LogP contribution in [0.1, 0.15) is 42.3 Å². The number of hydrogen-bond donors (Lipinski definition) is 2. The maximum atomic E-state index is 12.9. The van der Waals surface area contributed by atoms with Crippen LogP contribution in [0.15, 0.2) is 94.6 Å². The highest BCUT2D eigenvalue weighted by Gasteiger charge is 2.46. The normalized spacial score (nSPS) is 19.0. The molecule has 0 spiro atoms. The van der Waals surface area contributed by atoms with Crippen LogP contribution in [0.25, 0.3) is 0 Å². The number of benzene rings is 3. The maximum absolute atomic E-state index is 12.9. The summed E-state index contributed by atoms with van der Waals surface area (Å²) in [6.45, 7) is 6.06. The van der Waals surface area contributed by atoms with E-state index < -0.39 is 28.7 Å². The highest BCUT2D eigenvalue weighted by atomic mass is 16.6. The van der Waals surface area contributed by atoms with Crippen molar-refractivity contribution in [3.05, 3.63) is 128 Å². The van der Waals surface area contributed by atoms with E-state index in [2.05, 4.69) is 23.7 Å². The zero-order valence-corrected chi connectivity index (χ0v) is 26.4. The van der Waals surface area contributed by atoms with Crippen molar-refractivity contribution in [2.24, 2.45) is 0 Å². The van der Waals surface area contributed by atoms with Crippen molar-refractivity contribution in [3.8, 4) is 11.5 Å². The number of aryl methyl sites for hydroxylation is 1. The minimum absolute atomic E-state index is 0.0345. The number of methoxy groups -OCH3 is 2. The van der Waals surface area contributed by atoms with Crippen molar-refractivity contribution >= 4 is 0 Å². The Kier molecular flexibility index (Phi) is 9.59. The summed E-state index contributed by atoms with van der Waals surface area (Å²) in [5.41, 5.74) is -0.453. The third-order valence-corrected chi connectivity index (χ3v) is 8.47. The first-order valence-electron chi connectivity index (χ1n) is 15.0. The van der Waals surface area contributed by atoms with Crippen LogP contribution in [-0.4, -0.2) is 71.7 Å². The van der Waals surface area contributed by atoms with Crippen LogP contribution in [0, 0.1) is 6.92 Å². The maximum Gasteiger partial charge on any atom is 0.330 e. The molecule has 1 aliphatic heterocycles. The average Bonchev–Trinajstić information content (AvgIpc) is 3.07. The van der Waals surface area contributed by atoms with Gasteiger partial charge in [-0.3, -0.25) is 19.2 Å². The molecule has 0 radical (unpaired) electrons. The Morgan fingerprint density at radius 3 is 2.00 bits per heavy atom. The van der Waals surface area contributed by atoms with Gasteiger partial charge in [0.2, 0.25) is 0 Å². The molecule has 2 atom stereocenters. The van der Waals surface area contributed by atoms with Crippen molar-refractivity contribution in [2.75, 3.05) is 40.5 Å². The van der Waals surface area contributed by atoms with Gasteiger partial charge in [0, 0.05) is 30.9 Å². The number of rotatable bonds is 11. The van der Waals surface area contributed by atoms with Crippen LogP contribution < -0.4 is 20.7 Å². The zero-order valence-electron chi connectivity index (χ0n) is 26.4. The predicted octanol–water partition coefficient (Wildman–Crippen LogP) is 3.84. The summed E-state index contributed by atoms with van der Waals surface area (Å²) < 4.78 is 26.0. The van der Waals surface area contributed by atoms with Crippen molar-refractivity contribution in [1.29, 1.82) is 0 Å². The Hall–Kier alpha value is -4.22. The summed E-state index contributed by atoms with van der Waals surface area (Å²) in [5.74, 6) is 1.41. The van der Waals surface area contributed by atoms with Crippen LogP contribution in [0.2, 0.25) is 0 Å². The predicted molar refractivity (Wildman–Crippen MR) is 171 cm³/mol. The highest BCUT2D eigenvalue weighted by molar-refractivity contribution is 5.49. The van der Waals surface area contributed by atoms with Gasteiger partial charge in [-0.15, -0.1) is 0 Å². The molecule has 10 nitrogen and oxygen atoms in total. The van der Waals surface area contributed by atoms with E-state index in [0.29, 0.717) is 30.2 Å². The van der Waals surface area contributed by atoms with E-state index >= 15 is 0 Å². The summed E-state index contributed by atoms with van der Waals surface area (Å²) in [6.07, 6.45) is 0.717. The lowest BCUT2D eigenvalue weighted by Crippen LogP contribution is -2.61. The van der Waals surface area contributed by atoms with E-state index in [-0.39, 0.29) is 19.3 Å². The molecule has 1 fully saturated rings. The molecule has 2 heterocycles. The van der Waals surface area contributed by atoms with Crippen molar-refractivity contribution < 1.29 is 24.1 Å². The van der Waals surface area contributed by atoms with Crippen LogP contribution in [0.5, 0.6) is 11.5 Å². The topological polar surface area (TPSA) is 115 Å².